The van der Waals surface area contributed by atoms with Crippen molar-refractivity contribution < 1.29 is 27.7 Å². The topological polar surface area (TPSA) is 71.8 Å². The van der Waals surface area contributed by atoms with Gasteiger partial charge in [0.05, 0.1) is 0 Å². The maximum atomic E-state index is 12.3. The van der Waals surface area contributed by atoms with Crippen molar-refractivity contribution in [2.24, 2.45) is 13.0 Å². The molecule has 0 unspecified atom stereocenters. The van der Waals surface area contributed by atoms with E-state index < -0.39 is 0 Å². The van der Waals surface area contributed by atoms with Gasteiger partial charge >= 0.3 is 5.97 Å². The summed E-state index contributed by atoms with van der Waals surface area (Å²) in [6, 6.07) is 9.66. The van der Waals surface area contributed by atoms with E-state index in [2.05, 4.69) is 24.6 Å². The van der Waals surface area contributed by atoms with E-state index in [4.69, 9.17) is 4.74 Å². The van der Waals surface area contributed by atoms with Crippen LogP contribution < -0.4 is 18.1 Å². The summed E-state index contributed by atoms with van der Waals surface area (Å²) in [6.45, 7) is 6.32. The molecular formula is C17H24ClN3O2. The van der Waals surface area contributed by atoms with E-state index in [9.17, 15) is 4.79 Å². The minimum absolute atomic E-state index is 0. The molecule has 3 N–H and O–H groups in total. The molecule has 1 aromatic heterocycles. The highest BCUT2D eigenvalue weighted by molar-refractivity contribution is 5.88. The Morgan fingerprint density at radius 2 is 1.91 bits per heavy atom. The van der Waals surface area contributed by atoms with Crippen molar-refractivity contribution in [2.75, 3.05) is 0 Å². The van der Waals surface area contributed by atoms with Crippen molar-refractivity contribution in [3.05, 3.63) is 53.1 Å². The molecule has 0 aliphatic heterocycles. The second kappa shape index (κ2) is 8.13. The van der Waals surface area contributed by atoms with Crippen molar-refractivity contribution in [2.45, 2.75) is 33.4 Å². The summed E-state index contributed by atoms with van der Waals surface area (Å²) in [5, 5.41) is 0. The Morgan fingerprint density at radius 1 is 1.30 bits per heavy atom. The van der Waals surface area contributed by atoms with Gasteiger partial charge < -0.3 is 27.4 Å². The van der Waals surface area contributed by atoms with E-state index in [0.717, 1.165) is 17.1 Å². The molecule has 0 aliphatic rings. The van der Waals surface area contributed by atoms with Crippen LogP contribution in [0.15, 0.2) is 30.3 Å². The molecule has 0 spiro atoms. The minimum Gasteiger partial charge on any atom is -1.00 e. The molecule has 0 fully saturated rings. The van der Waals surface area contributed by atoms with Crippen molar-refractivity contribution >= 4 is 5.97 Å². The maximum Gasteiger partial charge on any atom is 0.359 e. The summed E-state index contributed by atoms with van der Waals surface area (Å²) in [6.07, 6.45) is 0. The number of hydrogen-bond donors (Lipinski definition) is 1. The van der Waals surface area contributed by atoms with Gasteiger partial charge in [0.1, 0.15) is 12.6 Å². The molecular weight excluding hydrogens is 314 g/mol. The van der Waals surface area contributed by atoms with E-state index in [1.54, 1.807) is 0 Å². The number of ether oxygens (including phenoxy) is 1. The third kappa shape index (κ3) is 4.33. The molecule has 0 amide bonds. The number of nitrogens with zero attached hydrogens (tertiary/aromatic N) is 2. The molecule has 1 atom stereocenters. The molecule has 126 valence electrons. The van der Waals surface area contributed by atoms with Gasteiger partial charge in [0.25, 0.3) is 0 Å². The molecule has 1 aromatic carbocycles. The van der Waals surface area contributed by atoms with Gasteiger partial charge in [0.2, 0.25) is 0 Å². The molecule has 0 saturated heterocycles. The second-order valence-electron chi connectivity index (χ2n) is 5.88. The largest absolute Gasteiger partial charge is 1.00 e. The highest BCUT2D eigenvalue weighted by Crippen LogP contribution is 2.20. The zero-order valence-electron chi connectivity index (χ0n) is 14.0. The smallest absolute Gasteiger partial charge is 0.359 e. The van der Waals surface area contributed by atoms with Crippen molar-refractivity contribution in [3.63, 3.8) is 0 Å². The Kier molecular flexibility index (Phi) is 6.79. The van der Waals surface area contributed by atoms with Crippen LogP contribution in [0.2, 0.25) is 0 Å². The fourth-order valence-corrected chi connectivity index (χ4v) is 2.22. The van der Waals surface area contributed by atoms with E-state index in [0.29, 0.717) is 11.6 Å². The van der Waals surface area contributed by atoms with Crippen LogP contribution in [-0.2, 0) is 18.4 Å². The van der Waals surface area contributed by atoms with Crippen LogP contribution in [0.1, 0.15) is 47.5 Å². The highest BCUT2D eigenvalue weighted by Gasteiger charge is 2.25. The normalized spacial score (nSPS) is 11.9. The number of quaternary nitrogens is 1. The number of halogens is 1. The molecule has 0 saturated carbocycles. The van der Waals surface area contributed by atoms with E-state index in [1.807, 2.05) is 48.9 Å². The van der Waals surface area contributed by atoms with Crippen LogP contribution in [-0.4, -0.2) is 15.5 Å². The van der Waals surface area contributed by atoms with E-state index in [-0.39, 0.29) is 31.0 Å². The van der Waals surface area contributed by atoms with Gasteiger partial charge in [-0.2, -0.15) is 0 Å². The van der Waals surface area contributed by atoms with Crippen LogP contribution in [0.5, 0.6) is 0 Å². The first-order valence-corrected chi connectivity index (χ1v) is 7.49. The number of esters is 1. The van der Waals surface area contributed by atoms with Crippen molar-refractivity contribution in [1.29, 1.82) is 0 Å². The molecule has 5 nitrogen and oxygen atoms in total. The van der Waals surface area contributed by atoms with Crippen molar-refractivity contribution in [1.82, 2.24) is 9.55 Å². The zero-order valence-corrected chi connectivity index (χ0v) is 14.8. The van der Waals surface area contributed by atoms with Gasteiger partial charge in [-0.3, -0.25) is 0 Å². The first-order valence-electron chi connectivity index (χ1n) is 7.49. The predicted molar refractivity (Wildman–Crippen MR) is 84.0 cm³/mol. The van der Waals surface area contributed by atoms with Gasteiger partial charge in [-0.05, 0) is 12.5 Å². The monoisotopic (exact) mass is 337 g/mol. The number of aromatic nitrogens is 2. The van der Waals surface area contributed by atoms with Crippen LogP contribution >= 0.6 is 0 Å². The van der Waals surface area contributed by atoms with Crippen LogP contribution in [0, 0.1) is 12.8 Å². The predicted octanol–water partition coefficient (Wildman–Crippen LogP) is -0.971. The summed E-state index contributed by atoms with van der Waals surface area (Å²) < 4.78 is 7.30. The molecule has 0 radical (unpaired) electrons. The minimum atomic E-state index is -0.390. The van der Waals surface area contributed by atoms with Gasteiger partial charge in [-0.15, -0.1) is 0 Å². The number of carbonyl (C=O) groups excluding carboxylic acids is 1. The fourth-order valence-electron chi connectivity index (χ4n) is 2.22. The Bertz CT molecular complexity index is 653. The average Bonchev–Trinajstić information content (AvgIpc) is 2.81. The molecule has 0 bridgehead atoms. The van der Waals surface area contributed by atoms with Gasteiger partial charge in [-0.25, -0.2) is 9.78 Å². The van der Waals surface area contributed by atoms with E-state index in [1.165, 1.54) is 0 Å². The standard InChI is InChI=1S/C17H23N3O2.ClH/c1-11(2)14(18)16-19-15(12(3)20(16)4)17(21)22-10-13-8-6-5-7-9-13;/h5-9,11,14H,10,18H2,1-4H3;1H/t14-;/m1./s1. The number of imidazole rings is 1. The van der Waals surface area contributed by atoms with Gasteiger partial charge in [0, 0.05) is 18.7 Å². The molecule has 0 aliphatic carbocycles. The SMILES string of the molecule is Cc1c(C(=O)OCc2ccccc2)nc([C@H]([NH3+])C(C)C)n1C.[Cl-]. The molecule has 2 aromatic rings. The lowest BCUT2D eigenvalue weighted by Crippen LogP contribution is -3.00. The quantitative estimate of drug-likeness (QED) is 0.714. The fraction of sp³-hybridized carbons (Fsp3) is 0.412. The Hall–Kier alpha value is -1.85. The van der Waals surface area contributed by atoms with Crippen LogP contribution in [0.4, 0.5) is 0 Å². The van der Waals surface area contributed by atoms with E-state index >= 15 is 0 Å². The average molecular weight is 338 g/mol. The lowest BCUT2D eigenvalue weighted by atomic mass is 10.1. The van der Waals surface area contributed by atoms with Crippen LogP contribution in [0.25, 0.3) is 0 Å². The van der Waals surface area contributed by atoms with Crippen LogP contribution in [0.3, 0.4) is 0 Å². The zero-order chi connectivity index (χ0) is 16.3. The first kappa shape index (κ1) is 19.2. The molecule has 1 heterocycles. The van der Waals surface area contributed by atoms with Gasteiger partial charge in [-0.1, -0.05) is 44.2 Å². The summed E-state index contributed by atoms with van der Waals surface area (Å²) in [5.74, 6) is 0.784. The lowest BCUT2D eigenvalue weighted by molar-refractivity contribution is -0.440. The Labute approximate surface area is 143 Å². The summed E-state index contributed by atoms with van der Waals surface area (Å²) in [7, 11) is 1.91. The number of carbonyl (C=O) groups is 1. The highest BCUT2D eigenvalue weighted by atomic mass is 35.5. The van der Waals surface area contributed by atoms with Gasteiger partial charge in [0.15, 0.2) is 11.5 Å². The number of hydrogen-bond acceptors (Lipinski definition) is 3. The summed E-state index contributed by atoms with van der Waals surface area (Å²) >= 11 is 0. The Balaban J connectivity index is 0.00000264. The number of benzene rings is 1. The lowest BCUT2D eigenvalue weighted by Gasteiger charge is -2.11. The third-order valence-electron chi connectivity index (χ3n) is 3.96. The summed E-state index contributed by atoms with van der Waals surface area (Å²) in [4.78, 5) is 16.7. The molecule has 6 heteroatoms. The molecule has 2 rings (SSSR count). The maximum absolute atomic E-state index is 12.3. The van der Waals surface area contributed by atoms with Crippen molar-refractivity contribution in [3.8, 4) is 0 Å². The number of rotatable bonds is 5. The summed E-state index contributed by atoms with van der Waals surface area (Å²) in [5.41, 5.74) is 6.29. The first-order chi connectivity index (χ1) is 10.4. The third-order valence-corrected chi connectivity index (χ3v) is 3.96. The molecule has 23 heavy (non-hydrogen) atoms. The second-order valence-corrected chi connectivity index (χ2v) is 5.88. The Morgan fingerprint density at radius 3 is 2.48 bits per heavy atom.